The van der Waals surface area contributed by atoms with Crippen LogP contribution in [0.3, 0.4) is 0 Å². The Morgan fingerprint density at radius 2 is 1.68 bits per heavy atom. The van der Waals surface area contributed by atoms with E-state index in [1.807, 2.05) is 32.2 Å². The van der Waals surface area contributed by atoms with Gasteiger partial charge in [-0.05, 0) is 44.4 Å². The summed E-state index contributed by atoms with van der Waals surface area (Å²) in [5, 5.41) is 0. The standard InChI is InChI=1S/C17H24OS/c1-17(2,19-3)16(18)15-11-9-14(10-12-15)13-7-5-4-6-8-13/h9-13H,4-8H2,1-3H3. The van der Waals surface area contributed by atoms with E-state index in [2.05, 4.69) is 12.1 Å². The number of benzene rings is 1. The number of ketones is 1. The molecule has 1 nitrogen and oxygen atoms in total. The molecule has 0 unspecified atom stereocenters. The predicted octanol–water partition coefficient (Wildman–Crippen LogP) is 5.06. The van der Waals surface area contributed by atoms with Crippen molar-refractivity contribution in [2.75, 3.05) is 6.26 Å². The summed E-state index contributed by atoms with van der Waals surface area (Å²) in [6.45, 7) is 3.99. The molecule has 1 aliphatic carbocycles. The summed E-state index contributed by atoms with van der Waals surface area (Å²) in [5.74, 6) is 0.946. The Kier molecular flexibility index (Phi) is 4.72. The van der Waals surface area contributed by atoms with Gasteiger partial charge in [-0.1, -0.05) is 43.5 Å². The van der Waals surface area contributed by atoms with Crippen molar-refractivity contribution in [1.82, 2.24) is 0 Å². The molecule has 1 fully saturated rings. The smallest absolute Gasteiger partial charge is 0.178 e. The van der Waals surface area contributed by atoms with Gasteiger partial charge in [0.2, 0.25) is 0 Å². The van der Waals surface area contributed by atoms with Crippen molar-refractivity contribution in [2.24, 2.45) is 0 Å². The van der Waals surface area contributed by atoms with Crippen molar-refractivity contribution in [2.45, 2.75) is 56.6 Å². The minimum atomic E-state index is -0.327. The summed E-state index contributed by atoms with van der Waals surface area (Å²) >= 11 is 1.61. The zero-order valence-corrected chi connectivity index (χ0v) is 13.1. The Morgan fingerprint density at radius 3 is 2.21 bits per heavy atom. The van der Waals surface area contributed by atoms with Gasteiger partial charge >= 0.3 is 0 Å². The van der Waals surface area contributed by atoms with Crippen LogP contribution < -0.4 is 0 Å². The fourth-order valence-corrected chi connectivity index (χ4v) is 3.09. The molecule has 0 radical (unpaired) electrons. The number of hydrogen-bond donors (Lipinski definition) is 0. The summed E-state index contributed by atoms with van der Waals surface area (Å²) in [6, 6.07) is 8.37. The summed E-state index contributed by atoms with van der Waals surface area (Å²) < 4.78 is -0.327. The van der Waals surface area contributed by atoms with Gasteiger partial charge in [0.1, 0.15) is 0 Å². The van der Waals surface area contributed by atoms with Crippen molar-refractivity contribution in [3.8, 4) is 0 Å². The fraction of sp³-hybridized carbons (Fsp3) is 0.588. The summed E-state index contributed by atoms with van der Waals surface area (Å²) in [7, 11) is 0. The topological polar surface area (TPSA) is 17.1 Å². The molecule has 0 heterocycles. The zero-order chi connectivity index (χ0) is 13.9. The SMILES string of the molecule is CSC(C)(C)C(=O)c1ccc(C2CCCCC2)cc1. The van der Waals surface area contributed by atoms with Gasteiger partial charge in [-0.3, -0.25) is 4.79 Å². The molecule has 0 N–H and O–H groups in total. The van der Waals surface area contributed by atoms with Gasteiger partial charge in [-0.15, -0.1) is 0 Å². The van der Waals surface area contributed by atoms with Crippen LogP contribution in [0, 0.1) is 0 Å². The van der Waals surface area contributed by atoms with Gasteiger partial charge in [-0.25, -0.2) is 0 Å². The van der Waals surface area contributed by atoms with E-state index in [0.29, 0.717) is 5.92 Å². The Hall–Kier alpha value is -0.760. The molecule has 2 rings (SSSR count). The third kappa shape index (κ3) is 3.42. The molecule has 1 aromatic rings. The van der Waals surface area contributed by atoms with E-state index < -0.39 is 0 Å². The van der Waals surface area contributed by atoms with Gasteiger partial charge in [-0.2, -0.15) is 11.8 Å². The van der Waals surface area contributed by atoms with Crippen molar-refractivity contribution in [3.05, 3.63) is 35.4 Å². The molecule has 0 atom stereocenters. The number of carbonyl (C=O) groups is 1. The average Bonchev–Trinajstić information content (AvgIpc) is 2.47. The summed E-state index contributed by atoms with van der Waals surface area (Å²) in [5.41, 5.74) is 2.26. The molecule has 104 valence electrons. The van der Waals surface area contributed by atoms with Crippen LogP contribution in [0.25, 0.3) is 0 Å². The number of carbonyl (C=O) groups excluding carboxylic acids is 1. The lowest BCUT2D eigenvalue weighted by atomic mass is 9.83. The second-order valence-corrected chi connectivity index (χ2v) is 7.43. The molecule has 1 saturated carbocycles. The maximum atomic E-state index is 12.4. The van der Waals surface area contributed by atoms with Crippen molar-refractivity contribution < 1.29 is 4.79 Å². The van der Waals surface area contributed by atoms with E-state index in [4.69, 9.17) is 0 Å². The van der Waals surface area contributed by atoms with Crippen LogP contribution in [-0.2, 0) is 0 Å². The third-order valence-corrected chi connectivity index (χ3v) is 5.51. The highest BCUT2D eigenvalue weighted by atomic mass is 32.2. The first-order valence-electron chi connectivity index (χ1n) is 7.24. The first-order chi connectivity index (χ1) is 9.04. The van der Waals surface area contributed by atoms with Gasteiger partial charge in [0.25, 0.3) is 0 Å². The maximum absolute atomic E-state index is 12.4. The Morgan fingerprint density at radius 1 is 1.11 bits per heavy atom. The van der Waals surface area contributed by atoms with E-state index in [1.165, 1.54) is 37.7 Å². The van der Waals surface area contributed by atoms with Crippen LogP contribution >= 0.6 is 11.8 Å². The van der Waals surface area contributed by atoms with Crippen LogP contribution in [0.4, 0.5) is 0 Å². The quantitative estimate of drug-likeness (QED) is 0.715. The maximum Gasteiger partial charge on any atom is 0.178 e. The van der Waals surface area contributed by atoms with Gasteiger partial charge < -0.3 is 0 Å². The highest BCUT2D eigenvalue weighted by Crippen LogP contribution is 2.33. The van der Waals surface area contributed by atoms with Gasteiger partial charge in [0.15, 0.2) is 5.78 Å². The van der Waals surface area contributed by atoms with Crippen LogP contribution in [0.1, 0.15) is 67.8 Å². The largest absolute Gasteiger partial charge is 0.293 e. The molecule has 0 bridgehead atoms. The molecule has 19 heavy (non-hydrogen) atoms. The van der Waals surface area contributed by atoms with E-state index in [9.17, 15) is 4.79 Å². The molecule has 0 aromatic heterocycles. The lowest BCUT2D eigenvalue weighted by molar-refractivity contribution is 0.0958. The molecule has 1 aromatic carbocycles. The van der Waals surface area contributed by atoms with Crippen molar-refractivity contribution in [3.63, 3.8) is 0 Å². The second-order valence-electron chi connectivity index (χ2n) is 6.00. The molecule has 0 saturated heterocycles. The molecule has 0 spiro atoms. The highest BCUT2D eigenvalue weighted by Gasteiger charge is 2.27. The van der Waals surface area contributed by atoms with Crippen molar-refractivity contribution >= 4 is 17.5 Å². The Balaban J connectivity index is 2.12. The predicted molar refractivity (Wildman–Crippen MR) is 84.2 cm³/mol. The average molecular weight is 276 g/mol. The number of thioether (sulfide) groups is 1. The monoisotopic (exact) mass is 276 g/mol. The highest BCUT2D eigenvalue weighted by molar-refractivity contribution is 8.00. The third-order valence-electron chi connectivity index (χ3n) is 4.31. The molecular formula is C17H24OS. The fourth-order valence-electron chi connectivity index (χ4n) is 2.78. The molecule has 2 heteroatoms. The van der Waals surface area contributed by atoms with E-state index >= 15 is 0 Å². The Bertz CT molecular complexity index is 427. The zero-order valence-electron chi connectivity index (χ0n) is 12.2. The van der Waals surface area contributed by atoms with Gasteiger partial charge in [0.05, 0.1) is 4.75 Å². The molecule has 0 amide bonds. The van der Waals surface area contributed by atoms with Gasteiger partial charge in [0, 0.05) is 5.56 Å². The van der Waals surface area contributed by atoms with Crippen LogP contribution in [-0.4, -0.2) is 16.8 Å². The van der Waals surface area contributed by atoms with E-state index in [-0.39, 0.29) is 10.5 Å². The summed E-state index contributed by atoms with van der Waals surface area (Å²) in [6.07, 6.45) is 8.70. The summed E-state index contributed by atoms with van der Waals surface area (Å²) in [4.78, 5) is 12.4. The lowest BCUT2D eigenvalue weighted by Crippen LogP contribution is -2.27. The minimum absolute atomic E-state index is 0.232. The first kappa shape index (κ1) is 14.6. The minimum Gasteiger partial charge on any atom is -0.293 e. The second kappa shape index (κ2) is 6.13. The van der Waals surface area contributed by atoms with E-state index in [1.54, 1.807) is 11.8 Å². The van der Waals surface area contributed by atoms with Crippen LogP contribution in [0.15, 0.2) is 24.3 Å². The van der Waals surface area contributed by atoms with Crippen molar-refractivity contribution in [1.29, 1.82) is 0 Å². The Labute approximate surface area is 121 Å². The van der Waals surface area contributed by atoms with E-state index in [0.717, 1.165) is 5.56 Å². The normalized spacial score (nSPS) is 17.4. The lowest BCUT2D eigenvalue weighted by Gasteiger charge is -2.23. The molecular weight excluding hydrogens is 252 g/mol. The number of hydrogen-bond acceptors (Lipinski definition) is 2. The number of Topliss-reactive ketones (excluding diaryl/α,β-unsaturated/α-hetero) is 1. The number of rotatable bonds is 4. The molecule has 0 aliphatic heterocycles. The molecule has 1 aliphatic rings. The first-order valence-corrected chi connectivity index (χ1v) is 8.47. The van der Waals surface area contributed by atoms with Crippen LogP contribution in [0.2, 0.25) is 0 Å². The van der Waals surface area contributed by atoms with Crippen LogP contribution in [0.5, 0.6) is 0 Å².